The number of benzene rings is 1. The molecule has 37 heavy (non-hydrogen) atoms. The molecule has 198 valence electrons. The Morgan fingerprint density at radius 2 is 1.89 bits per heavy atom. The quantitative estimate of drug-likeness (QED) is 0.436. The lowest BCUT2D eigenvalue weighted by Gasteiger charge is -2.34. The monoisotopic (exact) mass is 525 g/mol. The summed E-state index contributed by atoms with van der Waals surface area (Å²) in [5.41, 5.74) is 2.72. The lowest BCUT2D eigenvalue weighted by atomic mass is 9.92. The molecule has 4 bridgehead atoms. The van der Waals surface area contributed by atoms with Gasteiger partial charge in [-0.2, -0.15) is 0 Å². The van der Waals surface area contributed by atoms with Crippen molar-refractivity contribution >= 4 is 38.9 Å². The summed E-state index contributed by atoms with van der Waals surface area (Å²) in [4.78, 5) is 20.4. The third-order valence-corrected chi connectivity index (χ3v) is 8.52. The standard InChI is InChI=1S/C27H35N5O4S/c33-16-17-37(35,36)31-21-7-8-23-24(18-21)32-14-11-19(12-15-32)4-2-1-3-13-28-26-22(20-5-6-20)9-10-25(29-26)30-27(23)34/h1-2,7-10,18-20,31,33H,3-6,11-17H2,(H2,28,29,30,34)/b2-1+. The number of allylic oxidation sites excluding steroid dienone is 1. The van der Waals surface area contributed by atoms with E-state index in [2.05, 4.69) is 38.5 Å². The SMILES string of the molecule is O=C1Nc2ccc(C3CC3)c(n2)NCC/C=C/CC2CCN(CC2)c2cc(NS(=O)(=O)CCO)ccc21. The molecular formula is C27H35N5O4S. The highest BCUT2D eigenvalue weighted by Crippen LogP contribution is 2.43. The fraction of sp³-hybridized carbons (Fsp3) is 0.481. The van der Waals surface area contributed by atoms with Gasteiger partial charge in [0.1, 0.15) is 11.6 Å². The molecule has 1 amide bonds. The van der Waals surface area contributed by atoms with Crippen LogP contribution in [0.5, 0.6) is 0 Å². The van der Waals surface area contributed by atoms with Crippen LogP contribution in [0.4, 0.5) is 23.0 Å². The second kappa shape index (κ2) is 11.1. The summed E-state index contributed by atoms with van der Waals surface area (Å²) < 4.78 is 27.0. The first-order valence-corrected chi connectivity index (χ1v) is 14.8. The van der Waals surface area contributed by atoms with Gasteiger partial charge in [-0.1, -0.05) is 18.2 Å². The average Bonchev–Trinajstić information content (AvgIpc) is 3.71. The van der Waals surface area contributed by atoms with Crippen molar-refractivity contribution in [2.24, 2.45) is 5.92 Å². The van der Waals surface area contributed by atoms with E-state index >= 15 is 0 Å². The van der Waals surface area contributed by atoms with Gasteiger partial charge in [-0.15, -0.1) is 0 Å². The van der Waals surface area contributed by atoms with Crippen LogP contribution in [0.3, 0.4) is 0 Å². The number of pyridine rings is 1. The van der Waals surface area contributed by atoms with Crippen molar-refractivity contribution in [1.82, 2.24) is 4.98 Å². The molecule has 10 heteroatoms. The molecule has 0 radical (unpaired) electrons. The maximum atomic E-state index is 13.5. The second-order valence-electron chi connectivity index (χ2n) is 10.1. The summed E-state index contributed by atoms with van der Waals surface area (Å²) in [6.45, 7) is 1.89. The van der Waals surface area contributed by atoms with E-state index in [1.807, 2.05) is 6.07 Å². The van der Waals surface area contributed by atoms with Crippen molar-refractivity contribution in [2.45, 2.75) is 44.4 Å². The van der Waals surface area contributed by atoms with E-state index in [1.165, 1.54) is 5.56 Å². The van der Waals surface area contributed by atoms with E-state index in [9.17, 15) is 13.2 Å². The van der Waals surface area contributed by atoms with Crippen LogP contribution >= 0.6 is 0 Å². The van der Waals surface area contributed by atoms with Crippen LogP contribution < -0.4 is 20.3 Å². The van der Waals surface area contributed by atoms with E-state index in [0.29, 0.717) is 34.6 Å². The van der Waals surface area contributed by atoms with Gasteiger partial charge in [-0.3, -0.25) is 9.52 Å². The lowest BCUT2D eigenvalue weighted by molar-refractivity contribution is 0.102. The number of aromatic nitrogens is 1. The van der Waals surface area contributed by atoms with Crippen LogP contribution in [0.25, 0.3) is 0 Å². The number of aliphatic hydroxyl groups is 1. The first-order valence-electron chi connectivity index (χ1n) is 13.1. The molecule has 1 aromatic heterocycles. The maximum Gasteiger partial charge on any atom is 0.258 e. The number of amides is 1. The highest BCUT2D eigenvalue weighted by Gasteiger charge is 2.28. The maximum absolute atomic E-state index is 13.5. The zero-order valence-corrected chi connectivity index (χ0v) is 21.8. The number of hydrogen-bond donors (Lipinski definition) is 4. The van der Waals surface area contributed by atoms with Gasteiger partial charge in [-0.05, 0) is 80.2 Å². The second-order valence-corrected chi connectivity index (χ2v) is 11.9. The molecular weight excluding hydrogens is 490 g/mol. The lowest BCUT2D eigenvalue weighted by Crippen LogP contribution is -2.35. The topological polar surface area (TPSA) is 124 Å². The molecule has 6 rings (SSSR count). The van der Waals surface area contributed by atoms with Crippen LogP contribution in [0.15, 0.2) is 42.5 Å². The Bertz CT molecular complexity index is 1270. The Morgan fingerprint density at radius 3 is 2.65 bits per heavy atom. The third-order valence-electron chi connectivity index (χ3n) is 7.26. The number of nitrogens with one attached hydrogen (secondary N) is 3. The van der Waals surface area contributed by atoms with Crippen LogP contribution in [0.2, 0.25) is 0 Å². The Labute approximate surface area is 218 Å². The smallest absolute Gasteiger partial charge is 0.258 e. The Hall–Kier alpha value is -3.11. The number of nitrogens with zero attached hydrogens (tertiary/aromatic N) is 2. The van der Waals surface area contributed by atoms with Gasteiger partial charge in [-0.25, -0.2) is 13.4 Å². The van der Waals surface area contributed by atoms with Crippen LogP contribution in [-0.2, 0) is 10.0 Å². The van der Waals surface area contributed by atoms with Crippen molar-refractivity contribution < 1.29 is 18.3 Å². The first-order chi connectivity index (χ1) is 17.9. The van der Waals surface area contributed by atoms with Crippen LogP contribution in [0.1, 0.15) is 60.4 Å². The molecule has 0 atom stereocenters. The van der Waals surface area contributed by atoms with Crippen LogP contribution in [0, 0.1) is 5.92 Å². The number of hydrogen-bond acceptors (Lipinski definition) is 7. The number of carbonyl (C=O) groups excluding carboxylic acids is 1. The zero-order chi connectivity index (χ0) is 25.8. The summed E-state index contributed by atoms with van der Waals surface area (Å²) in [6, 6.07) is 8.87. The van der Waals surface area contributed by atoms with E-state index in [-0.39, 0.29) is 11.7 Å². The van der Waals surface area contributed by atoms with Crippen molar-refractivity contribution in [3.8, 4) is 0 Å². The minimum absolute atomic E-state index is 0.287. The molecule has 0 unspecified atom stereocenters. The number of fused-ring (bicyclic) bond motifs is 7. The fourth-order valence-corrected chi connectivity index (χ4v) is 5.91. The molecule has 4 N–H and O–H groups in total. The molecule has 9 nitrogen and oxygen atoms in total. The molecule has 1 aliphatic carbocycles. The highest BCUT2D eigenvalue weighted by molar-refractivity contribution is 7.92. The van der Waals surface area contributed by atoms with Gasteiger partial charge in [0.05, 0.1) is 29.3 Å². The predicted octanol–water partition coefficient (Wildman–Crippen LogP) is 3.92. The number of piperidine rings is 1. The molecule has 1 saturated carbocycles. The molecule has 3 aliphatic heterocycles. The van der Waals surface area contributed by atoms with Gasteiger partial charge < -0.3 is 20.6 Å². The molecule has 2 fully saturated rings. The molecule has 0 spiro atoms. The van der Waals surface area contributed by atoms with E-state index in [4.69, 9.17) is 10.1 Å². The summed E-state index contributed by atoms with van der Waals surface area (Å²) >= 11 is 0. The minimum atomic E-state index is -3.68. The molecule has 2 aromatic rings. The number of anilines is 4. The van der Waals surface area contributed by atoms with Crippen molar-refractivity contribution in [3.05, 3.63) is 53.6 Å². The molecule has 1 aromatic carbocycles. The fourth-order valence-electron chi connectivity index (χ4n) is 5.08. The Balaban J connectivity index is 1.48. The third kappa shape index (κ3) is 6.42. The number of carbonyl (C=O) groups is 1. The van der Waals surface area contributed by atoms with E-state index in [1.54, 1.807) is 18.2 Å². The van der Waals surface area contributed by atoms with Gasteiger partial charge >= 0.3 is 0 Å². The van der Waals surface area contributed by atoms with E-state index < -0.39 is 16.6 Å². The zero-order valence-electron chi connectivity index (χ0n) is 20.9. The summed E-state index contributed by atoms with van der Waals surface area (Å²) in [7, 11) is -3.68. The molecule has 4 heterocycles. The van der Waals surface area contributed by atoms with E-state index in [0.717, 1.165) is 64.0 Å². The number of rotatable bonds is 5. The number of sulfonamides is 1. The minimum Gasteiger partial charge on any atom is -0.395 e. The number of aliphatic hydroxyl groups excluding tert-OH is 1. The van der Waals surface area contributed by atoms with Crippen molar-refractivity contribution in [3.63, 3.8) is 0 Å². The van der Waals surface area contributed by atoms with Gasteiger partial charge in [0.15, 0.2) is 0 Å². The Kier molecular flexibility index (Phi) is 7.66. The highest BCUT2D eigenvalue weighted by atomic mass is 32.2. The van der Waals surface area contributed by atoms with Gasteiger partial charge in [0.25, 0.3) is 5.91 Å². The average molecular weight is 526 g/mol. The van der Waals surface area contributed by atoms with Crippen molar-refractivity contribution in [2.75, 3.05) is 52.2 Å². The summed E-state index contributed by atoms with van der Waals surface area (Å²) in [5, 5.41) is 15.5. The predicted molar refractivity (Wildman–Crippen MR) is 147 cm³/mol. The van der Waals surface area contributed by atoms with Gasteiger partial charge in [0, 0.05) is 19.6 Å². The van der Waals surface area contributed by atoms with Crippen molar-refractivity contribution in [1.29, 1.82) is 0 Å². The normalized spacial score (nSPS) is 19.9. The molecule has 1 saturated heterocycles. The summed E-state index contributed by atoms with van der Waals surface area (Å²) in [5.74, 6) is 1.75. The Morgan fingerprint density at radius 1 is 1.08 bits per heavy atom. The first kappa shape index (κ1) is 25.5. The largest absolute Gasteiger partial charge is 0.395 e. The van der Waals surface area contributed by atoms with Crippen LogP contribution in [-0.4, -0.2) is 56.4 Å². The van der Waals surface area contributed by atoms with Gasteiger partial charge in [0.2, 0.25) is 10.0 Å². The molecule has 4 aliphatic rings. The summed E-state index contributed by atoms with van der Waals surface area (Å²) in [6.07, 6.45) is 10.8.